The quantitative estimate of drug-likeness (QED) is 0.837. The average molecular weight is 233 g/mol. The molecule has 82 valence electrons. The van der Waals surface area contributed by atoms with Gasteiger partial charge in [-0.1, -0.05) is 59.6 Å². The molecule has 0 bridgehead atoms. The van der Waals surface area contributed by atoms with Crippen LogP contribution in [0.4, 0.5) is 0 Å². The van der Waals surface area contributed by atoms with Gasteiger partial charge in [-0.15, -0.1) is 0 Å². The van der Waals surface area contributed by atoms with E-state index in [-0.39, 0.29) is 0 Å². The molecular formula is C14H13ClO. The molecule has 0 spiro atoms. The minimum Gasteiger partial charge on any atom is -0.384 e. The van der Waals surface area contributed by atoms with Crippen molar-refractivity contribution >= 4 is 11.6 Å². The highest BCUT2D eigenvalue weighted by Gasteiger charge is 2.12. The molecule has 0 aromatic heterocycles. The number of hydrogen-bond acceptors (Lipinski definition) is 1. The van der Waals surface area contributed by atoms with Gasteiger partial charge in [0.1, 0.15) is 6.10 Å². The van der Waals surface area contributed by atoms with Crippen LogP contribution in [-0.4, -0.2) is 5.11 Å². The van der Waals surface area contributed by atoms with E-state index in [1.165, 1.54) is 5.56 Å². The first kappa shape index (κ1) is 11.2. The first-order valence-corrected chi connectivity index (χ1v) is 5.55. The normalized spacial score (nSPS) is 12.4. The SMILES string of the molecule is Cc1ccc([C@H](O)c2ccccc2Cl)cc1. The number of halogens is 1. The van der Waals surface area contributed by atoms with Gasteiger partial charge in [-0.3, -0.25) is 0 Å². The molecule has 0 unspecified atom stereocenters. The number of benzene rings is 2. The third-order valence-corrected chi connectivity index (χ3v) is 2.94. The lowest BCUT2D eigenvalue weighted by molar-refractivity contribution is 0.220. The second-order valence-electron chi connectivity index (χ2n) is 3.83. The summed E-state index contributed by atoms with van der Waals surface area (Å²) in [5.74, 6) is 0. The molecule has 0 saturated heterocycles. The number of hydrogen-bond donors (Lipinski definition) is 1. The first-order valence-electron chi connectivity index (χ1n) is 5.17. The smallest absolute Gasteiger partial charge is 0.105 e. The highest BCUT2D eigenvalue weighted by Crippen LogP contribution is 2.27. The predicted octanol–water partition coefficient (Wildman–Crippen LogP) is 3.73. The van der Waals surface area contributed by atoms with E-state index < -0.39 is 6.10 Å². The summed E-state index contributed by atoms with van der Waals surface area (Å²) < 4.78 is 0. The third kappa shape index (κ3) is 2.26. The van der Waals surface area contributed by atoms with E-state index in [2.05, 4.69) is 0 Å². The highest BCUT2D eigenvalue weighted by molar-refractivity contribution is 6.31. The molecule has 2 rings (SSSR count). The van der Waals surface area contributed by atoms with Crippen LogP contribution in [0.15, 0.2) is 48.5 Å². The van der Waals surface area contributed by atoms with Crippen molar-refractivity contribution in [3.8, 4) is 0 Å². The van der Waals surface area contributed by atoms with E-state index in [0.717, 1.165) is 11.1 Å². The van der Waals surface area contributed by atoms with E-state index in [4.69, 9.17) is 11.6 Å². The fourth-order valence-corrected chi connectivity index (χ4v) is 1.86. The standard InChI is InChI=1S/C14H13ClO/c1-10-6-8-11(9-7-10)14(16)12-4-2-3-5-13(12)15/h2-9,14,16H,1H3/t14-/m0/s1. The molecule has 0 aliphatic rings. The Kier molecular flexibility index (Phi) is 3.28. The van der Waals surface area contributed by atoms with Gasteiger partial charge in [0, 0.05) is 10.6 Å². The summed E-state index contributed by atoms with van der Waals surface area (Å²) in [5.41, 5.74) is 2.78. The summed E-state index contributed by atoms with van der Waals surface area (Å²) in [5, 5.41) is 10.8. The Morgan fingerprint density at radius 1 is 1.00 bits per heavy atom. The number of aliphatic hydroxyl groups excluding tert-OH is 1. The van der Waals surface area contributed by atoms with Crippen molar-refractivity contribution in [3.05, 3.63) is 70.2 Å². The van der Waals surface area contributed by atoms with Gasteiger partial charge >= 0.3 is 0 Å². The summed E-state index contributed by atoms with van der Waals surface area (Å²) in [7, 11) is 0. The molecule has 2 heteroatoms. The van der Waals surface area contributed by atoms with Crippen LogP contribution in [0.2, 0.25) is 5.02 Å². The van der Waals surface area contributed by atoms with Crippen molar-refractivity contribution in [1.82, 2.24) is 0 Å². The highest BCUT2D eigenvalue weighted by atomic mass is 35.5. The van der Waals surface area contributed by atoms with E-state index in [0.29, 0.717) is 5.02 Å². The molecule has 1 atom stereocenters. The van der Waals surface area contributed by atoms with Crippen molar-refractivity contribution in [2.45, 2.75) is 13.0 Å². The molecule has 0 radical (unpaired) electrons. The van der Waals surface area contributed by atoms with Crippen molar-refractivity contribution < 1.29 is 5.11 Å². The van der Waals surface area contributed by atoms with Gasteiger partial charge in [-0.25, -0.2) is 0 Å². The molecule has 2 aromatic carbocycles. The summed E-state index contributed by atoms with van der Waals surface area (Å²) in [6, 6.07) is 15.2. The summed E-state index contributed by atoms with van der Waals surface area (Å²) in [6.45, 7) is 2.02. The van der Waals surface area contributed by atoms with Crippen molar-refractivity contribution in [2.75, 3.05) is 0 Å². The van der Waals surface area contributed by atoms with E-state index in [1.807, 2.05) is 49.4 Å². The predicted molar refractivity (Wildman–Crippen MR) is 66.7 cm³/mol. The number of aryl methyl sites for hydroxylation is 1. The van der Waals surface area contributed by atoms with Crippen LogP contribution in [0.1, 0.15) is 22.8 Å². The molecule has 0 saturated carbocycles. The Balaban J connectivity index is 2.35. The first-order chi connectivity index (χ1) is 7.68. The maximum absolute atomic E-state index is 10.2. The zero-order valence-corrected chi connectivity index (χ0v) is 9.78. The number of aliphatic hydroxyl groups is 1. The van der Waals surface area contributed by atoms with Crippen LogP contribution in [0.25, 0.3) is 0 Å². The summed E-state index contributed by atoms with van der Waals surface area (Å²) in [6.07, 6.45) is -0.658. The lowest BCUT2D eigenvalue weighted by Gasteiger charge is -2.13. The van der Waals surface area contributed by atoms with Gasteiger partial charge in [0.05, 0.1) is 0 Å². The van der Waals surface area contributed by atoms with Crippen molar-refractivity contribution in [1.29, 1.82) is 0 Å². The molecule has 0 amide bonds. The Morgan fingerprint density at radius 3 is 2.25 bits per heavy atom. The second kappa shape index (κ2) is 4.69. The monoisotopic (exact) mass is 232 g/mol. The van der Waals surface area contributed by atoms with Crippen molar-refractivity contribution in [2.24, 2.45) is 0 Å². The zero-order valence-electron chi connectivity index (χ0n) is 9.02. The summed E-state index contributed by atoms with van der Waals surface area (Å²) in [4.78, 5) is 0. The van der Waals surface area contributed by atoms with Crippen LogP contribution < -0.4 is 0 Å². The van der Waals surface area contributed by atoms with Gasteiger partial charge in [0.25, 0.3) is 0 Å². The molecule has 2 aromatic rings. The summed E-state index contributed by atoms with van der Waals surface area (Å²) >= 11 is 6.04. The van der Waals surface area contributed by atoms with Crippen LogP contribution in [0.3, 0.4) is 0 Å². The Bertz CT molecular complexity index is 476. The van der Waals surface area contributed by atoms with E-state index in [9.17, 15) is 5.11 Å². The van der Waals surface area contributed by atoms with E-state index >= 15 is 0 Å². The maximum Gasteiger partial charge on any atom is 0.105 e. The van der Waals surface area contributed by atoms with Crippen LogP contribution >= 0.6 is 11.6 Å². The topological polar surface area (TPSA) is 20.2 Å². The molecule has 16 heavy (non-hydrogen) atoms. The third-order valence-electron chi connectivity index (χ3n) is 2.59. The maximum atomic E-state index is 10.2. The largest absolute Gasteiger partial charge is 0.384 e. The van der Waals surface area contributed by atoms with Gasteiger partial charge in [0.15, 0.2) is 0 Å². The number of rotatable bonds is 2. The van der Waals surface area contributed by atoms with Gasteiger partial charge in [0.2, 0.25) is 0 Å². The van der Waals surface area contributed by atoms with Gasteiger partial charge in [-0.05, 0) is 18.6 Å². The average Bonchev–Trinajstić information content (AvgIpc) is 2.30. The van der Waals surface area contributed by atoms with Crippen LogP contribution in [0, 0.1) is 6.92 Å². The fraction of sp³-hybridized carbons (Fsp3) is 0.143. The lowest BCUT2D eigenvalue weighted by atomic mass is 10.0. The van der Waals surface area contributed by atoms with Gasteiger partial charge < -0.3 is 5.11 Å². The molecule has 0 heterocycles. The molecule has 0 aliphatic carbocycles. The molecular weight excluding hydrogens is 220 g/mol. The van der Waals surface area contributed by atoms with Crippen molar-refractivity contribution in [3.63, 3.8) is 0 Å². The Labute approximate surface area is 100 Å². The van der Waals surface area contributed by atoms with E-state index in [1.54, 1.807) is 6.07 Å². The van der Waals surface area contributed by atoms with Gasteiger partial charge in [-0.2, -0.15) is 0 Å². The molecule has 1 nitrogen and oxygen atoms in total. The Hall–Kier alpha value is -1.31. The molecule has 1 N–H and O–H groups in total. The lowest BCUT2D eigenvalue weighted by Crippen LogP contribution is -2.00. The second-order valence-corrected chi connectivity index (χ2v) is 4.24. The zero-order chi connectivity index (χ0) is 11.5. The fourth-order valence-electron chi connectivity index (χ4n) is 1.63. The molecule has 0 aliphatic heterocycles. The van der Waals surface area contributed by atoms with Crippen LogP contribution in [-0.2, 0) is 0 Å². The molecule has 0 fully saturated rings. The Morgan fingerprint density at radius 2 is 1.62 bits per heavy atom. The minimum atomic E-state index is -0.658. The van der Waals surface area contributed by atoms with Crippen LogP contribution in [0.5, 0.6) is 0 Å². The minimum absolute atomic E-state index is 0.593.